The molecule has 0 fully saturated rings. The Morgan fingerprint density at radius 2 is 1.95 bits per heavy atom. The molecule has 98 valence electrons. The molecular weight excluding hydrogens is 238 g/mol. The molecule has 19 heavy (non-hydrogen) atoms. The van der Waals surface area contributed by atoms with Gasteiger partial charge in [0.2, 0.25) is 0 Å². The molecule has 3 rings (SSSR count). The SMILES string of the molecule is COc1ccc(C2CNc3cc(C)ccc3O2)cc1. The van der Waals surface area contributed by atoms with Gasteiger partial charge in [0.25, 0.3) is 0 Å². The molecule has 0 spiro atoms. The summed E-state index contributed by atoms with van der Waals surface area (Å²) in [4.78, 5) is 0. The number of aryl methyl sites for hydroxylation is 1. The molecule has 0 bridgehead atoms. The third-order valence-corrected chi connectivity index (χ3v) is 3.37. The number of methoxy groups -OCH3 is 1. The van der Waals surface area contributed by atoms with Gasteiger partial charge >= 0.3 is 0 Å². The number of ether oxygens (including phenoxy) is 2. The lowest BCUT2D eigenvalue weighted by Crippen LogP contribution is -2.23. The van der Waals surface area contributed by atoms with E-state index in [1.807, 2.05) is 30.3 Å². The lowest BCUT2D eigenvalue weighted by atomic mass is 10.1. The van der Waals surface area contributed by atoms with Crippen LogP contribution in [0.15, 0.2) is 42.5 Å². The van der Waals surface area contributed by atoms with Crippen molar-refractivity contribution >= 4 is 5.69 Å². The average molecular weight is 255 g/mol. The second-order valence-corrected chi connectivity index (χ2v) is 4.76. The summed E-state index contributed by atoms with van der Waals surface area (Å²) >= 11 is 0. The molecule has 3 heteroatoms. The van der Waals surface area contributed by atoms with E-state index in [2.05, 4.69) is 24.4 Å². The van der Waals surface area contributed by atoms with E-state index < -0.39 is 0 Å². The van der Waals surface area contributed by atoms with Crippen molar-refractivity contribution in [2.24, 2.45) is 0 Å². The van der Waals surface area contributed by atoms with Gasteiger partial charge in [0.05, 0.1) is 19.3 Å². The van der Waals surface area contributed by atoms with Crippen molar-refractivity contribution in [3.63, 3.8) is 0 Å². The molecule has 1 aliphatic rings. The fourth-order valence-electron chi connectivity index (χ4n) is 2.29. The Bertz CT molecular complexity index is 578. The van der Waals surface area contributed by atoms with Crippen LogP contribution in [0.3, 0.4) is 0 Å². The van der Waals surface area contributed by atoms with Gasteiger partial charge in [-0.25, -0.2) is 0 Å². The van der Waals surface area contributed by atoms with E-state index in [-0.39, 0.29) is 6.10 Å². The lowest BCUT2D eigenvalue weighted by molar-refractivity contribution is 0.210. The minimum Gasteiger partial charge on any atom is -0.497 e. The Kier molecular flexibility index (Phi) is 3.03. The van der Waals surface area contributed by atoms with Crippen molar-refractivity contribution in [3.8, 4) is 11.5 Å². The van der Waals surface area contributed by atoms with Crippen LogP contribution in [0.5, 0.6) is 11.5 Å². The van der Waals surface area contributed by atoms with E-state index >= 15 is 0 Å². The second-order valence-electron chi connectivity index (χ2n) is 4.76. The molecule has 2 aromatic carbocycles. The van der Waals surface area contributed by atoms with Gasteiger partial charge in [-0.3, -0.25) is 0 Å². The van der Waals surface area contributed by atoms with Gasteiger partial charge in [-0.05, 0) is 42.3 Å². The molecule has 1 atom stereocenters. The molecule has 0 aliphatic carbocycles. The Balaban J connectivity index is 1.82. The maximum absolute atomic E-state index is 6.04. The van der Waals surface area contributed by atoms with E-state index in [1.54, 1.807) is 7.11 Å². The van der Waals surface area contributed by atoms with E-state index in [4.69, 9.17) is 9.47 Å². The number of nitrogens with one attached hydrogen (secondary N) is 1. The monoisotopic (exact) mass is 255 g/mol. The van der Waals surface area contributed by atoms with Crippen molar-refractivity contribution < 1.29 is 9.47 Å². The maximum atomic E-state index is 6.04. The zero-order valence-electron chi connectivity index (χ0n) is 11.1. The van der Waals surface area contributed by atoms with Gasteiger partial charge in [-0.1, -0.05) is 18.2 Å². The largest absolute Gasteiger partial charge is 0.497 e. The van der Waals surface area contributed by atoms with E-state index in [0.717, 1.165) is 29.3 Å². The fourth-order valence-corrected chi connectivity index (χ4v) is 2.29. The molecule has 0 saturated heterocycles. The van der Waals surface area contributed by atoms with Gasteiger partial charge in [0.15, 0.2) is 0 Å². The first-order valence-electron chi connectivity index (χ1n) is 6.41. The third-order valence-electron chi connectivity index (χ3n) is 3.37. The van der Waals surface area contributed by atoms with Gasteiger partial charge in [-0.15, -0.1) is 0 Å². The number of hydrogen-bond donors (Lipinski definition) is 1. The van der Waals surface area contributed by atoms with Crippen LogP contribution in [-0.2, 0) is 0 Å². The highest BCUT2D eigenvalue weighted by molar-refractivity contribution is 5.59. The minimum absolute atomic E-state index is 0.0427. The number of benzene rings is 2. The maximum Gasteiger partial charge on any atom is 0.143 e. The van der Waals surface area contributed by atoms with Crippen LogP contribution < -0.4 is 14.8 Å². The lowest BCUT2D eigenvalue weighted by Gasteiger charge is -2.28. The van der Waals surface area contributed by atoms with E-state index in [9.17, 15) is 0 Å². The molecular formula is C16H17NO2. The summed E-state index contributed by atoms with van der Waals surface area (Å²) in [5, 5.41) is 3.42. The van der Waals surface area contributed by atoms with Crippen molar-refractivity contribution in [1.29, 1.82) is 0 Å². The molecule has 1 unspecified atom stereocenters. The van der Waals surface area contributed by atoms with Crippen LogP contribution in [0.2, 0.25) is 0 Å². The van der Waals surface area contributed by atoms with E-state index in [0.29, 0.717) is 0 Å². The first kappa shape index (κ1) is 11.9. The predicted octanol–water partition coefficient (Wildman–Crippen LogP) is 3.55. The van der Waals surface area contributed by atoms with Crippen molar-refractivity contribution in [2.45, 2.75) is 13.0 Å². The number of fused-ring (bicyclic) bond motifs is 1. The zero-order chi connectivity index (χ0) is 13.2. The molecule has 2 aromatic rings. The zero-order valence-corrected chi connectivity index (χ0v) is 11.1. The Labute approximate surface area is 113 Å². The Morgan fingerprint density at radius 1 is 1.16 bits per heavy atom. The molecule has 1 N–H and O–H groups in total. The highest BCUT2D eigenvalue weighted by Crippen LogP contribution is 2.34. The summed E-state index contributed by atoms with van der Waals surface area (Å²) in [6.07, 6.45) is 0.0427. The molecule has 3 nitrogen and oxygen atoms in total. The van der Waals surface area contributed by atoms with Gasteiger partial charge < -0.3 is 14.8 Å². The van der Waals surface area contributed by atoms with Gasteiger partial charge in [-0.2, -0.15) is 0 Å². The van der Waals surface area contributed by atoms with Crippen LogP contribution in [0.25, 0.3) is 0 Å². The summed E-state index contributed by atoms with van der Waals surface area (Å²) in [5.74, 6) is 1.78. The summed E-state index contributed by atoms with van der Waals surface area (Å²) in [6, 6.07) is 14.2. The van der Waals surface area contributed by atoms with Crippen molar-refractivity contribution in [1.82, 2.24) is 0 Å². The van der Waals surface area contributed by atoms with Gasteiger partial charge in [0, 0.05) is 0 Å². The van der Waals surface area contributed by atoms with Crippen LogP contribution in [-0.4, -0.2) is 13.7 Å². The Hall–Kier alpha value is -2.16. The van der Waals surface area contributed by atoms with Crippen molar-refractivity contribution in [3.05, 3.63) is 53.6 Å². The number of hydrogen-bond acceptors (Lipinski definition) is 3. The summed E-state index contributed by atoms with van der Waals surface area (Å²) < 4.78 is 11.2. The smallest absolute Gasteiger partial charge is 0.143 e. The highest BCUT2D eigenvalue weighted by atomic mass is 16.5. The molecule has 1 heterocycles. The van der Waals surface area contributed by atoms with Crippen LogP contribution >= 0.6 is 0 Å². The molecule has 0 aromatic heterocycles. The third kappa shape index (κ3) is 2.36. The highest BCUT2D eigenvalue weighted by Gasteiger charge is 2.20. The predicted molar refractivity (Wildman–Crippen MR) is 76.0 cm³/mol. The average Bonchev–Trinajstić information content (AvgIpc) is 2.47. The standard InChI is InChI=1S/C16H17NO2/c1-11-3-8-15-14(9-11)17-10-16(19-15)12-4-6-13(18-2)7-5-12/h3-9,16-17H,10H2,1-2H3. The minimum atomic E-state index is 0.0427. The molecule has 0 saturated carbocycles. The number of rotatable bonds is 2. The molecule has 0 radical (unpaired) electrons. The first-order valence-corrected chi connectivity index (χ1v) is 6.41. The summed E-state index contributed by atoms with van der Waals surface area (Å²) in [5.41, 5.74) is 3.46. The summed E-state index contributed by atoms with van der Waals surface area (Å²) in [7, 11) is 1.67. The van der Waals surface area contributed by atoms with Gasteiger partial charge in [0.1, 0.15) is 17.6 Å². The normalized spacial score (nSPS) is 17.1. The van der Waals surface area contributed by atoms with E-state index in [1.165, 1.54) is 5.56 Å². The van der Waals surface area contributed by atoms with Crippen LogP contribution in [0.1, 0.15) is 17.2 Å². The second kappa shape index (κ2) is 4.84. The fraction of sp³-hybridized carbons (Fsp3) is 0.250. The molecule has 1 aliphatic heterocycles. The molecule has 0 amide bonds. The quantitative estimate of drug-likeness (QED) is 0.890. The Morgan fingerprint density at radius 3 is 2.68 bits per heavy atom. The first-order chi connectivity index (χ1) is 9.26. The van der Waals surface area contributed by atoms with Crippen LogP contribution in [0.4, 0.5) is 5.69 Å². The topological polar surface area (TPSA) is 30.5 Å². The summed E-state index contributed by atoms with van der Waals surface area (Å²) in [6.45, 7) is 2.86. The van der Waals surface area contributed by atoms with Crippen molar-refractivity contribution in [2.75, 3.05) is 19.0 Å². The van der Waals surface area contributed by atoms with Crippen LogP contribution in [0, 0.1) is 6.92 Å². The number of anilines is 1.